The lowest BCUT2D eigenvalue weighted by molar-refractivity contribution is 0.302. The van der Waals surface area contributed by atoms with Gasteiger partial charge in [0, 0.05) is 56.9 Å². The van der Waals surface area contributed by atoms with Crippen molar-refractivity contribution in [1.29, 1.82) is 0 Å². The third-order valence-electron chi connectivity index (χ3n) is 5.34. The summed E-state index contributed by atoms with van der Waals surface area (Å²) in [5.41, 5.74) is 6.66. The van der Waals surface area contributed by atoms with Crippen LogP contribution in [0.15, 0.2) is 53.6 Å². The van der Waals surface area contributed by atoms with Gasteiger partial charge in [0.05, 0.1) is 17.1 Å². The number of hydrogen-bond acceptors (Lipinski definition) is 5. The van der Waals surface area contributed by atoms with Crippen molar-refractivity contribution in [2.45, 2.75) is 13.8 Å². The molecule has 0 spiro atoms. The maximum absolute atomic E-state index is 4.92. The van der Waals surface area contributed by atoms with Crippen molar-refractivity contribution in [3.63, 3.8) is 0 Å². The highest BCUT2D eigenvalue weighted by Crippen LogP contribution is 2.26. The van der Waals surface area contributed by atoms with E-state index in [4.69, 9.17) is 4.99 Å². The summed E-state index contributed by atoms with van der Waals surface area (Å²) in [6.07, 6.45) is 13.0. The second-order valence-corrected chi connectivity index (χ2v) is 7.36. The van der Waals surface area contributed by atoms with Crippen LogP contribution in [0.4, 0.5) is 0 Å². The second kappa shape index (κ2) is 6.39. The van der Waals surface area contributed by atoms with Crippen LogP contribution >= 0.6 is 0 Å². The van der Waals surface area contributed by atoms with Crippen LogP contribution in [0.1, 0.15) is 16.8 Å². The van der Waals surface area contributed by atoms with Gasteiger partial charge in [-0.3, -0.25) is 0 Å². The molecule has 2 aromatic heterocycles. The number of nitrogens with one attached hydrogen (secondary N) is 1. The van der Waals surface area contributed by atoms with Gasteiger partial charge < -0.3 is 19.5 Å². The van der Waals surface area contributed by atoms with Crippen molar-refractivity contribution in [2.24, 2.45) is 4.99 Å². The maximum Gasteiger partial charge on any atom is 0.139 e. The first kappa shape index (κ1) is 16.3. The fraction of sp³-hybridized carbons (Fsp3) is 0.333. The molecule has 1 fully saturated rings. The molecule has 0 bridgehead atoms. The van der Waals surface area contributed by atoms with Gasteiger partial charge in [0.1, 0.15) is 11.5 Å². The summed E-state index contributed by atoms with van der Waals surface area (Å²) in [4.78, 5) is 14.2. The van der Waals surface area contributed by atoms with Gasteiger partial charge in [-0.15, -0.1) is 0 Å². The largest absolute Gasteiger partial charge is 0.368 e. The summed E-state index contributed by atoms with van der Waals surface area (Å²) in [5, 5.41) is 3.41. The zero-order chi connectivity index (χ0) is 18.4. The highest BCUT2D eigenvalue weighted by molar-refractivity contribution is 6.00. The molecule has 27 heavy (non-hydrogen) atoms. The fourth-order valence-corrected chi connectivity index (χ4v) is 3.95. The Labute approximate surface area is 159 Å². The van der Waals surface area contributed by atoms with Crippen LogP contribution in [-0.2, 0) is 0 Å². The molecule has 0 aliphatic carbocycles. The van der Waals surface area contributed by atoms with E-state index < -0.39 is 0 Å². The van der Waals surface area contributed by atoms with E-state index >= 15 is 0 Å². The van der Waals surface area contributed by atoms with Gasteiger partial charge in [0.2, 0.25) is 0 Å². The van der Waals surface area contributed by atoms with Gasteiger partial charge in [-0.25, -0.2) is 9.98 Å². The molecule has 2 aromatic rings. The number of fused-ring (bicyclic) bond motifs is 2. The lowest BCUT2D eigenvalue weighted by Gasteiger charge is -2.34. The number of rotatable bonds is 2. The molecular formula is C21H24N6. The number of aromatic nitrogens is 2. The Kier molecular flexibility index (Phi) is 3.86. The van der Waals surface area contributed by atoms with Crippen LogP contribution in [0.3, 0.4) is 0 Å². The third kappa shape index (κ3) is 2.96. The maximum atomic E-state index is 4.92. The molecule has 6 nitrogen and oxygen atoms in total. The van der Waals surface area contributed by atoms with Crippen molar-refractivity contribution in [3.8, 4) is 0 Å². The number of amidine groups is 1. The number of aryl methyl sites for hydroxylation is 2. The molecular weight excluding hydrogens is 336 g/mol. The van der Waals surface area contributed by atoms with Gasteiger partial charge in [-0.1, -0.05) is 0 Å². The van der Waals surface area contributed by atoms with Crippen molar-refractivity contribution in [2.75, 3.05) is 32.7 Å². The first-order valence-corrected chi connectivity index (χ1v) is 9.55. The topological polar surface area (TPSA) is 48.2 Å². The zero-order valence-electron chi connectivity index (χ0n) is 15.8. The van der Waals surface area contributed by atoms with E-state index in [-0.39, 0.29) is 0 Å². The summed E-state index contributed by atoms with van der Waals surface area (Å²) < 4.78 is 2.10. The molecule has 0 amide bonds. The molecule has 5 rings (SSSR count). The van der Waals surface area contributed by atoms with E-state index in [0.717, 1.165) is 61.2 Å². The smallest absolute Gasteiger partial charge is 0.139 e. The van der Waals surface area contributed by atoms with Gasteiger partial charge in [-0.05, 0) is 43.7 Å². The van der Waals surface area contributed by atoms with Crippen LogP contribution in [0, 0.1) is 13.8 Å². The number of imidazole rings is 1. The Morgan fingerprint density at radius 1 is 1.07 bits per heavy atom. The van der Waals surface area contributed by atoms with E-state index in [1.807, 2.05) is 6.92 Å². The Morgan fingerprint density at radius 2 is 1.93 bits per heavy atom. The molecule has 138 valence electrons. The Hall–Kier alpha value is -2.86. The van der Waals surface area contributed by atoms with Crippen LogP contribution in [0.5, 0.6) is 0 Å². The van der Waals surface area contributed by atoms with Crippen molar-refractivity contribution in [3.05, 3.63) is 65.4 Å². The lowest BCUT2D eigenvalue weighted by atomic mass is 10.1. The predicted molar refractivity (Wildman–Crippen MR) is 108 cm³/mol. The van der Waals surface area contributed by atoms with Crippen LogP contribution in [-0.4, -0.2) is 57.7 Å². The minimum atomic E-state index is 0.841. The average Bonchev–Trinajstić information content (AvgIpc) is 3.09. The number of piperazine rings is 1. The van der Waals surface area contributed by atoms with Crippen LogP contribution in [0.25, 0.3) is 11.3 Å². The summed E-state index contributed by atoms with van der Waals surface area (Å²) in [5.74, 6) is 1.01. The van der Waals surface area contributed by atoms with Crippen molar-refractivity contribution < 1.29 is 0 Å². The Bertz CT molecular complexity index is 1020. The minimum Gasteiger partial charge on any atom is -0.368 e. The Morgan fingerprint density at radius 3 is 2.78 bits per heavy atom. The van der Waals surface area contributed by atoms with E-state index in [0.29, 0.717) is 0 Å². The average molecular weight is 360 g/mol. The summed E-state index contributed by atoms with van der Waals surface area (Å²) >= 11 is 0. The van der Waals surface area contributed by atoms with Crippen LogP contribution < -0.4 is 5.32 Å². The molecule has 3 aliphatic heterocycles. The lowest BCUT2D eigenvalue weighted by Crippen LogP contribution is -2.44. The summed E-state index contributed by atoms with van der Waals surface area (Å²) in [6.45, 7) is 9.18. The molecule has 5 heterocycles. The number of allylic oxidation sites excluding steroid dienone is 1. The number of aliphatic imine (C=N–C) groups is 1. The van der Waals surface area contributed by atoms with Crippen molar-refractivity contribution in [1.82, 2.24) is 24.5 Å². The highest BCUT2D eigenvalue weighted by atomic mass is 15.2. The first-order valence-electron chi connectivity index (χ1n) is 9.55. The van der Waals surface area contributed by atoms with Crippen molar-refractivity contribution >= 4 is 17.2 Å². The molecule has 0 unspecified atom stereocenters. The quantitative estimate of drug-likeness (QED) is 0.893. The molecule has 0 atom stereocenters. The SMILES string of the molecule is Cc1cn2cc(C3=CCN4C=C(N5CCNCC5)C=CC4=N3)cc(C)c2n1. The van der Waals surface area contributed by atoms with Gasteiger partial charge in [0.15, 0.2) is 0 Å². The number of hydrogen-bond donors (Lipinski definition) is 1. The van der Waals surface area contributed by atoms with E-state index in [1.54, 1.807) is 0 Å². The van der Waals surface area contributed by atoms with Crippen LogP contribution in [0.2, 0.25) is 0 Å². The highest BCUT2D eigenvalue weighted by Gasteiger charge is 2.20. The third-order valence-corrected chi connectivity index (χ3v) is 5.34. The summed E-state index contributed by atoms with van der Waals surface area (Å²) in [6, 6.07) is 2.18. The molecule has 0 radical (unpaired) electrons. The van der Waals surface area contributed by atoms with Gasteiger partial charge >= 0.3 is 0 Å². The molecule has 0 aromatic carbocycles. The molecule has 0 saturated carbocycles. The minimum absolute atomic E-state index is 0.841. The zero-order valence-corrected chi connectivity index (χ0v) is 15.8. The molecule has 1 N–H and O–H groups in total. The number of pyridine rings is 1. The van der Waals surface area contributed by atoms with E-state index in [1.165, 1.54) is 11.3 Å². The fourth-order valence-electron chi connectivity index (χ4n) is 3.95. The second-order valence-electron chi connectivity index (χ2n) is 7.36. The molecule has 1 saturated heterocycles. The van der Waals surface area contributed by atoms with Gasteiger partial charge in [0.25, 0.3) is 0 Å². The normalized spacial score (nSPS) is 19.7. The predicted octanol–water partition coefficient (Wildman–Crippen LogP) is 2.32. The van der Waals surface area contributed by atoms with E-state index in [9.17, 15) is 0 Å². The molecule has 6 heteroatoms. The van der Waals surface area contributed by atoms with Gasteiger partial charge in [-0.2, -0.15) is 0 Å². The Balaban J connectivity index is 1.42. The standard InChI is InChI=1S/C21H24N6/c1-15-11-17(13-27-12-16(2)23-21(15)27)19-5-8-26-14-18(3-4-20(26)24-19)25-9-6-22-7-10-25/h3-5,11-14,22H,6-10H2,1-2H3. The molecule has 3 aliphatic rings. The van der Waals surface area contributed by atoms with E-state index in [2.05, 4.69) is 74.3 Å². The number of nitrogens with zero attached hydrogens (tertiary/aromatic N) is 5. The first-order chi connectivity index (χ1) is 13.2. The monoisotopic (exact) mass is 360 g/mol. The summed E-state index contributed by atoms with van der Waals surface area (Å²) in [7, 11) is 0.